The van der Waals surface area contributed by atoms with Crippen molar-refractivity contribution in [3.8, 4) is 11.5 Å². The number of rotatable bonds is 5. The minimum absolute atomic E-state index is 0.0270. The summed E-state index contributed by atoms with van der Waals surface area (Å²) in [6, 6.07) is 22.1. The van der Waals surface area contributed by atoms with Crippen LogP contribution in [0.2, 0.25) is 0 Å². The van der Waals surface area contributed by atoms with Gasteiger partial charge in [0.15, 0.2) is 0 Å². The first-order valence-corrected chi connectivity index (χ1v) is 13.3. The quantitative estimate of drug-likeness (QED) is 0.416. The normalized spacial score (nSPS) is 12.6. The van der Waals surface area contributed by atoms with Gasteiger partial charge in [-0.05, 0) is 54.4 Å². The van der Waals surface area contributed by atoms with Gasteiger partial charge in [-0.2, -0.15) is 0 Å². The molecule has 0 aliphatic heterocycles. The molecular weight excluding hydrogens is 439 g/mol. The third-order valence-corrected chi connectivity index (χ3v) is 8.24. The number of phenolic OH excluding ortho intramolecular Hbond substituents is 1. The zero-order valence-corrected chi connectivity index (χ0v) is 21.3. The van der Waals surface area contributed by atoms with Crippen LogP contribution in [0.4, 0.5) is 0 Å². The Morgan fingerprint density at radius 1 is 0.781 bits per heavy atom. The summed E-state index contributed by atoms with van der Waals surface area (Å²) in [5, 5.41) is 10.4. The molecule has 0 saturated heterocycles. The Labute approximate surface area is 194 Å². The maximum absolute atomic E-state index is 12.7. The molecule has 32 heavy (non-hydrogen) atoms. The maximum atomic E-state index is 12.7. The zero-order valence-electron chi connectivity index (χ0n) is 19.6. The predicted molar refractivity (Wildman–Crippen MR) is 134 cm³/mol. The molecule has 172 valence electrons. The number of phenols is 1. The number of benzene rings is 3. The molecular formula is C26H33O4PS. The van der Waals surface area contributed by atoms with Crippen LogP contribution in [-0.4, -0.2) is 18.7 Å². The van der Waals surface area contributed by atoms with Crippen LogP contribution < -0.4 is 9.83 Å². The fraction of sp³-hybridized carbons (Fsp3) is 0.308. The number of aromatic hydroxyl groups is 1. The van der Waals surface area contributed by atoms with Gasteiger partial charge in [-0.25, -0.2) is 8.42 Å². The highest BCUT2D eigenvalue weighted by atomic mass is 32.2. The van der Waals surface area contributed by atoms with Gasteiger partial charge in [-0.15, -0.1) is 0 Å². The third-order valence-electron chi connectivity index (χ3n) is 4.08. The lowest BCUT2D eigenvalue weighted by Crippen LogP contribution is -2.22. The van der Waals surface area contributed by atoms with E-state index in [4.69, 9.17) is 4.52 Å². The van der Waals surface area contributed by atoms with Crippen molar-refractivity contribution in [1.29, 1.82) is 0 Å². The van der Waals surface area contributed by atoms with E-state index in [1.165, 1.54) is 24.3 Å². The molecule has 0 fully saturated rings. The van der Waals surface area contributed by atoms with Crippen LogP contribution >= 0.6 is 8.15 Å². The standard InChI is InChI=1S/C22H23O4PS.C4H10/c1-22(2,3)27(19-7-5-4-6-8-19)26-18-11-15-21(16-12-18)28(24,25)20-13-9-17(23)10-14-20;1-4(2)3/h4-16,23H,1-3H3;4H,1-3H3. The largest absolute Gasteiger partial charge is 0.508 e. The van der Waals surface area contributed by atoms with Gasteiger partial charge in [-0.1, -0.05) is 71.9 Å². The Morgan fingerprint density at radius 2 is 1.22 bits per heavy atom. The summed E-state index contributed by atoms with van der Waals surface area (Å²) in [5.74, 6) is 1.49. The topological polar surface area (TPSA) is 63.6 Å². The molecule has 0 saturated carbocycles. The molecule has 0 aliphatic rings. The Balaban J connectivity index is 0.000000837. The summed E-state index contributed by atoms with van der Waals surface area (Å²) in [5.41, 5.74) is 0. The molecule has 4 nitrogen and oxygen atoms in total. The van der Waals surface area contributed by atoms with Crippen LogP contribution in [0, 0.1) is 5.92 Å². The minimum Gasteiger partial charge on any atom is -0.508 e. The Morgan fingerprint density at radius 3 is 1.66 bits per heavy atom. The van der Waals surface area contributed by atoms with E-state index in [2.05, 4.69) is 53.7 Å². The van der Waals surface area contributed by atoms with E-state index in [-0.39, 0.29) is 20.7 Å². The van der Waals surface area contributed by atoms with E-state index in [9.17, 15) is 13.5 Å². The van der Waals surface area contributed by atoms with Crippen LogP contribution in [0.1, 0.15) is 41.5 Å². The van der Waals surface area contributed by atoms with E-state index in [1.54, 1.807) is 24.3 Å². The Bertz CT molecular complexity index is 1070. The summed E-state index contributed by atoms with van der Waals surface area (Å²) in [6.07, 6.45) is 0. The monoisotopic (exact) mass is 472 g/mol. The van der Waals surface area contributed by atoms with Crippen molar-refractivity contribution in [3.05, 3.63) is 78.9 Å². The van der Waals surface area contributed by atoms with Crippen LogP contribution in [0.15, 0.2) is 88.7 Å². The first-order chi connectivity index (χ1) is 14.9. The third kappa shape index (κ3) is 7.36. The van der Waals surface area contributed by atoms with E-state index >= 15 is 0 Å². The van der Waals surface area contributed by atoms with Crippen molar-refractivity contribution in [1.82, 2.24) is 0 Å². The molecule has 0 spiro atoms. The molecule has 3 aromatic carbocycles. The second-order valence-electron chi connectivity index (χ2n) is 9.09. The van der Waals surface area contributed by atoms with Crippen LogP contribution in [0.3, 0.4) is 0 Å². The zero-order chi connectivity index (χ0) is 23.9. The van der Waals surface area contributed by atoms with Crippen LogP contribution in [0.25, 0.3) is 0 Å². The van der Waals surface area contributed by atoms with Crippen LogP contribution in [0.5, 0.6) is 11.5 Å². The van der Waals surface area contributed by atoms with Crippen molar-refractivity contribution in [3.63, 3.8) is 0 Å². The van der Waals surface area contributed by atoms with Gasteiger partial charge < -0.3 is 9.63 Å². The van der Waals surface area contributed by atoms with Gasteiger partial charge in [0.1, 0.15) is 19.6 Å². The molecule has 0 bridgehead atoms. The second-order valence-corrected chi connectivity index (χ2v) is 13.7. The van der Waals surface area contributed by atoms with Gasteiger partial charge in [0, 0.05) is 10.5 Å². The van der Waals surface area contributed by atoms with Gasteiger partial charge in [0.25, 0.3) is 0 Å². The number of hydrogen-bond donors (Lipinski definition) is 1. The fourth-order valence-corrected chi connectivity index (χ4v) is 5.88. The molecule has 6 heteroatoms. The van der Waals surface area contributed by atoms with Gasteiger partial charge in [0.05, 0.1) is 9.79 Å². The molecule has 0 aromatic heterocycles. The average Bonchev–Trinajstić information content (AvgIpc) is 2.72. The summed E-state index contributed by atoms with van der Waals surface area (Å²) in [7, 11) is -4.58. The Kier molecular flexibility index (Phi) is 8.89. The second kappa shape index (κ2) is 11.0. The highest BCUT2D eigenvalue weighted by Gasteiger charge is 2.29. The molecule has 3 rings (SSSR count). The molecule has 0 radical (unpaired) electrons. The predicted octanol–water partition coefficient (Wildman–Crippen LogP) is 6.79. The van der Waals surface area contributed by atoms with Crippen molar-refractivity contribution >= 4 is 23.3 Å². The fourth-order valence-electron chi connectivity index (χ4n) is 2.69. The number of sulfone groups is 1. The summed E-state index contributed by atoms with van der Waals surface area (Å²) >= 11 is 0. The molecule has 0 aliphatic carbocycles. The maximum Gasteiger partial charge on any atom is 0.206 e. The first-order valence-electron chi connectivity index (χ1n) is 10.6. The van der Waals surface area contributed by atoms with Crippen molar-refractivity contribution in [2.75, 3.05) is 0 Å². The Hall–Kier alpha value is -2.36. The summed E-state index contributed by atoms with van der Waals surface area (Å²) in [6.45, 7) is 12.9. The van der Waals surface area contributed by atoms with Crippen LogP contribution in [-0.2, 0) is 9.84 Å². The average molecular weight is 473 g/mol. The van der Waals surface area contributed by atoms with E-state index in [1.807, 2.05) is 18.2 Å². The van der Waals surface area contributed by atoms with Gasteiger partial charge in [-0.3, -0.25) is 0 Å². The molecule has 1 unspecified atom stereocenters. The first kappa shape index (κ1) is 25.9. The smallest absolute Gasteiger partial charge is 0.206 e. The van der Waals surface area contributed by atoms with Crippen molar-refractivity contribution in [2.45, 2.75) is 56.5 Å². The molecule has 1 atom stereocenters. The molecule has 0 heterocycles. The minimum atomic E-state index is -3.64. The summed E-state index contributed by atoms with van der Waals surface area (Å²) < 4.78 is 31.8. The SMILES string of the molecule is CC(C)(C)P(Oc1ccc(S(=O)(=O)c2ccc(O)cc2)cc1)c1ccccc1.CC(C)C. The lowest BCUT2D eigenvalue weighted by molar-refractivity contribution is 0.475. The van der Waals surface area contributed by atoms with E-state index in [0.717, 1.165) is 11.2 Å². The highest BCUT2D eigenvalue weighted by Crippen LogP contribution is 2.49. The van der Waals surface area contributed by atoms with Crippen molar-refractivity contribution < 1.29 is 18.0 Å². The highest BCUT2D eigenvalue weighted by molar-refractivity contribution is 7.91. The number of hydrogen-bond acceptors (Lipinski definition) is 4. The van der Waals surface area contributed by atoms with E-state index in [0.29, 0.717) is 5.75 Å². The molecule has 3 aromatic rings. The lowest BCUT2D eigenvalue weighted by Gasteiger charge is -2.30. The lowest BCUT2D eigenvalue weighted by atomic mass is 10.3. The van der Waals surface area contributed by atoms with Gasteiger partial charge in [0.2, 0.25) is 9.84 Å². The van der Waals surface area contributed by atoms with E-state index < -0.39 is 18.0 Å². The summed E-state index contributed by atoms with van der Waals surface area (Å²) in [4.78, 5) is 0.325. The van der Waals surface area contributed by atoms with Crippen molar-refractivity contribution in [2.24, 2.45) is 5.92 Å². The molecule has 1 N–H and O–H groups in total. The molecule has 0 amide bonds. The van der Waals surface area contributed by atoms with Gasteiger partial charge >= 0.3 is 0 Å².